The van der Waals surface area contributed by atoms with E-state index in [1.54, 1.807) is 18.2 Å². The number of alkyl halides is 4. The Kier molecular flexibility index (Phi) is 5.17. The van der Waals surface area contributed by atoms with Gasteiger partial charge < -0.3 is 4.90 Å². The van der Waals surface area contributed by atoms with Crippen molar-refractivity contribution in [2.45, 2.75) is 25.8 Å². The number of carbonyl (C=O) groups excluding carboxylic acids is 1. The minimum atomic E-state index is -4.67. The van der Waals surface area contributed by atoms with Crippen LogP contribution in [0.25, 0.3) is 0 Å². The van der Waals surface area contributed by atoms with Crippen LogP contribution in [0, 0.1) is 0 Å². The van der Waals surface area contributed by atoms with Crippen LogP contribution < -0.4 is 0 Å². The molecule has 1 aromatic rings. The van der Waals surface area contributed by atoms with Crippen LogP contribution in [0.5, 0.6) is 0 Å². The Morgan fingerprint density at radius 3 is 2.53 bits per heavy atom. The van der Waals surface area contributed by atoms with Gasteiger partial charge in [0, 0.05) is 18.1 Å². The molecule has 0 radical (unpaired) electrons. The van der Waals surface area contributed by atoms with Gasteiger partial charge in [-0.15, -0.1) is 0 Å². The van der Waals surface area contributed by atoms with E-state index in [0.717, 1.165) is 0 Å². The molecule has 0 unspecified atom stereocenters. The van der Waals surface area contributed by atoms with Crippen LogP contribution in [0.2, 0.25) is 5.02 Å². The van der Waals surface area contributed by atoms with Gasteiger partial charge in [0.05, 0.1) is 0 Å². The van der Waals surface area contributed by atoms with E-state index in [1.165, 1.54) is 13.0 Å². The van der Waals surface area contributed by atoms with Crippen LogP contribution in [0.1, 0.15) is 12.5 Å². The minimum absolute atomic E-state index is 0.104. The van der Waals surface area contributed by atoms with Crippen molar-refractivity contribution in [2.24, 2.45) is 0 Å². The van der Waals surface area contributed by atoms with Crippen molar-refractivity contribution in [1.29, 1.82) is 0 Å². The Morgan fingerprint density at radius 1 is 1.42 bits per heavy atom. The van der Waals surface area contributed by atoms with E-state index in [-0.39, 0.29) is 13.1 Å². The molecule has 1 rings (SSSR count). The summed E-state index contributed by atoms with van der Waals surface area (Å²) in [4.78, 5) is 12.1. The quantitative estimate of drug-likeness (QED) is 0.761. The van der Waals surface area contributed by atoms with Crippen LogP contribution in [-0.4, -0.2) is 29.7 Å². The molecule has 0 aromatic heterocycles. The summed E-state index contributed by atoms with van der Waals surface area (Å²) in [5.41, 5.74) is 0.493. The zero-order chi connectivity index (χ0) is 14.6. The zero-order valence-electron chi connectivity index (χ0n) is 10.0. The number of hydrogen-bond donors (Lipinski definition) is 0. The molecule has 1 aromatic carbocycles. The maximum Gasteiger partial charge on any atom is 0.383 e. The highest BCUT2D eigenvalue weighted by Crippen LogP contribution is 2.26. The maximum absolute atomic E-state index is 13.0. The summed E-state index contributed by atoms with van der Waals surface area (Å²) in [7, 11) is 0. The molecule has 0 atom stereocenters. The highest BCUT2D eigenvalue weighted by Gasteiger charge is 2.50. The summed E-state index contributed by atoms with van der Waals surface area (Å²) in [6.07, 6.45) is -4.02. The van der Waals surface area contributed by atoms with Gasteiger partial charge >= 0.3 is 12.3 Å². The van der Waals surface area contributed by atoms with Gasteiger partial charge in [-0.2, -0.15) is 8.78 Å². The number of nitrogens with zero attached hydrogens (tertiary/aromatic N) is 1. The van der Waals surface area contributed by atoms with Gasteiger partial charge in [0.1, 0.15) is 0 Å². The van der Waals surface area contributed by atoms with Crippen molar-refractivity contribution in [3.8, 4) is 0 Å². The molecule has 19 heavy (non-hydrogen) atoms. The molecule has 1 amide bonds. The highest BCUT2D eigenvalue weighted by atomic mass is 35.5. The van der Waals surface area contributed by atoms with E-state index in [4.69, 9.17) is 11.6 Å². The summed E-state index contributed by atoms with van der Waals surface area (Å²) < 4.78 is 50.3. The standard InChI is InChI=1S/C12H12ClF4NO/c1-2-18(11(19)12(16,17)10(14)15)7-8-4-3-5-9(13)6-8/h3-6,10H,2,7H2,1H3. The fraction of sp³-hybridized carbons (Fsp3) is 0.417. The first-order chi connectivity index (χ1) is 8.78. The molecule has 2 nitrogen and oxygen atoms in total. The van der Waals surface area contributed by atoms with E-state index >= 15 is 0 Å². The Labute approximate surface area is 113 Å². The zero-order valence-corrected chi connectivity index (χ0v) is 10.8. The Balaban J connectivity index is 2.87. The molecule has 106 valence electrons. The lowest BCUT2D eigenvalue weighted by Crippen LogP contribution is -2.47. The monoisotopic (exact) mass is 297 g/mol. The van der Waals surface area contributed by atoms with Crippen molar-refractivity contribution < 1.29 is 22.4 Å². The Hall–Kier alpha value is -1.30. The summed E-state index contributed by atoms with van der Waals surface area (Å²) in [6.45, 7) is 1.13. The van der Waals surface area contributed by atoms with E-state index in [1.807, 2.05) is 0 Å². The predicted molar refractivity (Wildman–Crippen MR) is 63.5 cm³/mol. The molecular weight excluding hydrogens is 286 g/mol. The van der Waals surface area contributed by atoms with Gasteiger partial charge in [0.25, 0.3) is 5.91 Å². The second-order valence-electron chi connectivity index (χ2n) is 3.87. The van der Waals surface area contributed by atoms with Crippen molar-refractivity contribution in [2.75, 3.05) is 6.54 Å². The number of halogens is 5. The lowest BCUT2D eigenvalue weighted by molar-refractivity contribution is -0.181. The summed E-state index contributed by atoms with van der Waals surface area (Å²) >= 11 is 5.72. The minimum Gasteiger partial charge on any atom is -0.333 e. The first-order valence-corrected chi connectivity index (χ1v) is 5.86. The lowest BCUT2D eigenvalue weighted by Gasteiger charge is -2.25. The molecule has 0 aliphatic carbocycles. The Bertz CT molecular complexity index is 453. The van der Waals surface area contributed by atoms with Crippen molar-refractivity contribution in [3.05, 3.63) is 34.9 Å². The van der Waals surface area contributed by atoms with Crippen LogP contribution >= 0.6 is 11.6 Å². The number of carbonyl (C=O) groups is 1. The SMILES string of the molecule is CCN(Cc1cccc(Cl)c1)C(=O)C(F)(F)C(F)F. The molecule has 0 aliphatic rings. The van der Waals surface area contributed by atoms with Gasteiger partial charge in [-0.25, -0.2) is 8.78 Å². The molecule has 0 heterocycles. The van der Waals surface area contributed by atoms with Gasteiger partial charge in [-0.05, 0) is 24.6 Å². The Morgan fingerprint density at radius 2 is 2.05 bits per heavy atom. The van der Waals surface area contributed by atoms with Gasteiger partial charge in [0.15, 0.2) is 0 Å². The summed E-state index contributed by atoms with van der Waals surface area (Å²) in [5.74, 6) is -6.56. The fourth-order valence-electron chi connectivity index (χ4n) is 1.49. The number of rotatable bonds is 5. The third-order valence-electron chi connectivity index (χ3n) is 2.49. The van der Waals surface area contributed by atoms with Crippen LogP contribution in [-0.2, 0) is 11.3 Å². The average molecular weight is 298 g/mol. The third-order valence-corrected chi connectivity index (χ3v) is 2.73. The average Bonchev–Trinajstić information content (AvgIpc) is 2.35. The highest BCUT2D eigenvalue weighted by molar-refractivity contribution is 6.30. The molecule has 0 N–H and O–H groups in total. The molecule has 0 fully saturated rings. The summed E-state index contributed by atoms with van der Waals surface area (Å²) in [5, 5.41) is 0.377. The first-order valence-electron chi connectivity index (χ1n) is 5.48. The van der Waals surface area contributed by atoms with Crippen LogP contribution in [0.3, 0.4) is 0 Å². The lowest BCUT2D eigenvalue weighted by atomic mass is 10.2. The maximum atomic E-state index is 13.0. The summed E-state index contributed by atoms with van der Waals surface area (Å²) in [6, 6.07) is 6.22. The van der Waals surface area contributed by atoms with Crippen molar-refractivity contribution in [3.63, 3.8) is 0 Å². The topological polar surface area (TPSA) is 20.3 Å². The van der Waals surface area contributed by atoms with Gasteiger partial charge in [0.2, 0.25) is 0 Å². The van der Waals surface area contributed by atoms with Gasteiger partial charge in [-0.3, -0.25) is 4.79 Å². The number of hydrogen-bond acceptors (Lipinski definition) is 1. The number of amides is 1. The fourth-order valence-corrected chi connectivity index (χ4v) is 1.70. The van der Waals surface area contributed by atoms with Gasteiger partial charge in [-0.1, -0.05) is 23.7 Å². The van der Waals surface area contributed by atoms with Crippen LogP contribution in [0.4, 0.5) is 17.6 Å². The smallest absolute Gasteiger partial charge is 0.333 e. The largest absolute Gasteiger partial charge is 0.383 e. The third kappa shape index (κ3) is 3.83. The van der Waals surface area contributed by atoms with E-state index in [9.17, 15) is 22.4 Å². The van der Waals surface area contributed by atoms with Crippen LogP contribution in [0.15, 0.2) is 24.3 Å². The second-order valence-corrected chi connectivity index (χ2v) is 4.31. The predicted octanol–water partition coefficient (Wildman–Crippen LogP) is 3.59. The number of benzene rings is 1. The molecule has 7 heteroatoms. The first kappa shape index (κ1) is 15.8. The van der Waals surface area contributed by atoms with E-state index in [0.29, 0.717) is 15.5 Å². The molecule has 0 spiro atoms. The van der Waals surface area contributed by atoms with Crippen molar-refractivity contribution >= 4 is 17.5 Å². The van der Waals surface area contributed by atoms with Crippen molar-refractivity contribution in [1.82, 2.24) is 4.90 Å². The normalized spacial score (nSPS) is 11.7. The molecule has 0 saturated carbocycles. The molecule has 0 aliphatic heterocycles. The van der Waals surface area contributed by atoms with E-state index in [2.05, 4.69) is 0 Å². The molecule has 0 bridgehead atoms. The van der Waals surface area contributed by atoms with E-state index < -0.39 is 18.3 Å². The molecular formula is C12H12ClF4NO. The second kappa shape index (κ2) is 6.23. The molecule has 0 saturated heterocycles.